The summed E-state index contributed by atoms with van der Waals surface area (Å²) in [6.07, 6.45) is 3.20. The summed E-state index contributed by atoms with van der Waals surface area (Å²) in [4.78, 5) is 32.7. The number of nitrogens with zero attached hydrogens (tertiary/aromatic N) is 3. The molecule has 1 aromatic heterocycles. The summed E-state index contributed by atoms with van der Waals surface area (Å²) >= 11 is 6.16. The Kier molecular flexibility index (Phi) is 5.42. The maximum atomic E-state index is 12.8. The van der Waals surface area contributed by atoms with Crippen molar-refractivity contribution in [3.05, 3.63) is 58.4 Å². The third-order valence-electron chi connectivity index (χ3n) is 4.51. The second-order valence-electron chi connectivity index (χ2n) is 6.12. The van der Waals surface area contributed by atoms with Crippen LogP contribution in [0.4, 0.5) is 0 Å². The normalized spacial score (nSPS) is 14.3. The van der Waals surface area contributed by atoms with E-state index in [1.807, 2.05) is 6.92 Å². The highest BCUT2D eigenvalue weighted by atomic mass is 35.5. The first kappa shape index (κ1) is 18.2. The summed E-state index contributed by atoms with van der Waals surface area (Å²) in [6.45, 7) is 3.82. The van der Waals surface area contributed by atoms with Crippen LogP contribution in [-0.2, 0) is 0 Å². The van der Waals surface area contributed by atoms with E-state index in [0.29, 0.717) is 48.1 Å². The second kappa shape index (κ2) is 7.74. The van der Waals surface area contributed by atoms with Crippen LogP contribution in [0.15, 0.2) is 36.7 Å². The van der Waals surface area contributed by atoms with E-state index in [1.54, 1.807) is 53.6 Å². The molecule has 136 valence electrons. The predicted octanol–water partition coefficient (Wildman–Crippen LogP) is 2.65. The van der Waals surface area contributed by atoms with Crippen molar-refractivity contribution >= 4 is 23.4 Å². The topological polar surface area (TPSA) is 62.7 Å². The highest BCUT2D eigenvalue weighted by Crippen LogP contribution is 2.28. The number of rotatable bonds is 3. The van der Waals surface area contributed by atoms with Gasteiger partial charge in [0.2, 0.25) is 0 Å². The number of methoxy groups -OCH3 is 1. The van der Waals surface area contributed by atoms with Crippen LogP contribution in [0.25, 0.3) is 0 Å². The zero-order valence-electron chi connectivity index (χ0n) is 14.7. The largest absolute Gasteiger partial charge is 0.495 e. The van der Waals surface area contributed by atoms with Gasteiger partial charge in [-0.15, -0.1) is 0 Å². The number of aromatic nitrogens is 1. The monoisotopic (exact) mass is 373 g/mol. The summed E-state index contributed by atoms with van der Waals surface area (Å²) in [7, 11) is 1.54. The zero-order valence-corrected chi connectivity index (χ0v) is 15.5. The average Bonchev–Trinajstić information content (AvgIpc) is 2.69. The predicted molar refractivity (Wildman–Crippen MR) is 98.8 cm³/mol. The van der Waals surface area contributed by atoms with E-state index in [1.165, 1.54) is 0 Å². The average molecular weight is 374 g/mol. The van der Waals surface area contributed by atoms with Gasteiger partial charge in [0, 0.05) is 49.7 Å². The number of carbonyl (C=O) groups excluding carboxylic acids is 2. The fourth-order valence-corrected chi connectivity index (χ4v) is 3.24. The van der Waals surface area contributed by atoms with Gasteiger partial charge in [0.05, 0.1) is 12.1 Å². The van der Waals surface area contributed by atoms with Gasteiger partial charge in [-0.3, -0.25) is 14.6 Å². The summed E-state index contributed by atoms with van der Waals surface area (Å²) in [6, 6.07) is 6.80. The van der Waals surface area contributed by atoms with Gasteiger partial charge in [-0.05, 0) is 36.8 Å². The number of benzene rings is 1. The van der Waals surface area contributed by atoms with Gasteiger partial charge in [-0.1, -0.05) is 11.6 Å². The molecule has 6 nitrogen and oxygen atoms in total. The molecular weight excluding hydrogens is 354 g/mol. The second-order valence-corrected chi connectivity index (χ2v) is 6.53. The van der Waals surface area contributed by atoms with Gasteiger partial charge in [0.15, 0.2) is 0 Å². The quantitative estimate of drug-likeness (QED) is 0.829. The number of piperazine rings is 1. The van der Waals surface area contributed by atoms with Crippen molar-refractivity contribution in [1.82, 2.24) is 14.8 Å². The molecule has 3 rings (SSSR count). The number of aryl methyl sites for hydroxylation is 1. The van der Waals surface area contributed by atoms with Crippen molar-refractivity contribution in [3.8, 4) is 5.75 Å². The van der Waals surface area contributed by atoms with E-state index in [-0.39, 0.29) is 11.8 Å². The molecule has 2 aromatic rings. The first-order chi connectivity index (χ1) is 12.5. The van der Waals surface area contributed by atoms with Crippen LogP contribution in [0.1, 0.15) is 26.3 Å². The van der Waals surface area contributed by atoms with Crippen LogP contribution in [0.2, 0.25) is 5.02 Å². The Hall–Kier alpha value is -2.60. The standard InChI is InChI=1S/C19H20ClN3O3/c1-13-11-17(26-2)16(20)12-15(13)19(25)23-9-7-22(8-10-23)18(24)14-3-5-21-6-4-14/h3-6,11-12H,7-10H2,1-2H3. The molecule has 1 aromatic carbocycles. The molecule has 26 heavy (non-hydrogen) atoms. The minimum absolute atomic E-state index is 0.0387. The van der Waals surface area contributed by atoms with E-state index in [2.05, 4.69) is 4.98 Å². The third-order valence-corrected chi connectivity index (χ3v) is 4.81. The van der Waals surface area contributed by atoms with Gasteiger partial charge in [-0.2, -0.15) is 0 Å². The minimum Gasteiger partial charge on any atom is -0.495 e. The Bertz CT molecular complexity index is 818. The van der Waals surface area contributed by atoms with Crippen LogP contribution < -0.4 is 4.74 Å². The first-order valence-electron chi connectivity index (χ1n) is 8.34. The van der Waals surface area contributed by atoms with E-state index < -0.39 is 0 Å². The van der Waals surface area contributed by atoms with E-state index in [0.717, 1.165) is 5.56 Å². The highest BCUT2D eigenvalue weighted by molar-refractivity contribution is 6.32. The Morgan fingerprint density at radius 3 is 2.19 bits per heavy atom. The molecule has 1 aliphatic heterocycles. The summed E-state index contributed by atoms with van der Waals surface area (Å²) in [5.41, 5.74) is 1.98. The van der Waals surface area contributed by atoms with Crippen molar-refractivity contribution < 1.29 is 14.3 Å². The lowest BCUT2D eigenvalue weighted by Gasteiger charge is -2.35. The minimum atomic E-state index is -0.0805. The molecule has 0 unspecified atom stereocenters. The third kappa shape index (κ3) is 3.65. The molecule has 0 saturated carbocycles. The number of amides is 2. The van der Waals surface area contributed by atoms with Gasteiger partial charge in [-0.25, -0.2) is 0 Å². The number of pyridine rings is 1. The van der Waals surface area contributed by atoms with Crippen LogP contribution in [0.5, 0.6) is 5.75 Å². The number of halogens is 1. The lowest BCUT2D eigenvalue weighted by atomic mass is 10.1. The number of hydrogen-bond acceptors (Lipinski definition) is 4. The van der Waals surface area contributed by atoms with Crippen molar-refractivity contribution in [1.29, 1.82) is 0 Å². The molecule has 0 atom stereocenters. The van der Waals surface area contributed by atoms with Crippen LogP contribution in [-0.4, -0.2) is 59.9 Å². The molecule has 0 aliphatic carbocycles. The summed E-state index contributed by atoms with van der Waals surface area (Å²) in [5.74, 6) is 0.430. The Balaban J connectivity index is 1.67. The smallest absolute Gasteiger partial charge is 0.254 e. The summed E-state index contributed by atoms with van der Waals surface area (Å²) < 4.78 is 5.18. The SMILES string of the molecule is COc1cc(C)c(C(=O)N2CCN(C(=O)c3ccncc3)CC2)cc1Cl. The fraction of sp³-hybridized carbons (Fsp3) is 0.316. The van der Waals surface area contributed by atoms with Crippen LogP contribution >= 0.6 is 11.6 Å². The molecule has 2 amide bonds. The molecule has 1 fully saturated rings. The molecule has 1 aliphatic rings. The number of carbonyl (C=O) groups is 2. The Morgan fingerprint density at radius 2 is 1.62 bits per heavy atom. The van der Waals surface area contributed by atoms with Crippen LogP contribution in [0, 0.1) is 6.92 Å². The van der Waals surface area contributed by atoms with Crippen LogP contribution in [0.3, 0.4) is 0 Å². The van der Waals surface area contributed by atoms with E-state index in [4.69, 9.17) is 16.3 Å². The molecule has 0 bridgehead atoms. The fourth-order valence-electron chi connectivity index (χ4n) is 3.00. The van der Waals surface area contributed by atoms with Gasteiger partial charge in [0.25, 0.3) is 11.8 Å². The molecule has 0 radical (unpaired) electrons. The highest BCUT2D eigenvalue weighted by Gasteiger charge is 2.26. The maximum Gasteiger partial charge on any atom is 0.254 e. The summed E-state index contributed by atoms with van der Waals surface area (Å²) in [5, 5.41) is 0.410. The molecule has 1 saturated heterocycles. The molecule has 0 N–H and O–H groups in total. The zero-order chi connectivity index (χ0) is 18.7. The molecular formula is C19H20ClN3O3. The molecule has 7 heteroatoms. The van der Waals surface area contributed by atoms with Crippen molar-refractivity contribution in [3.63, 3.8) is 0 Å². The maximum absolute atomic E-state index is 12.8. The van der Waals surface area contributed by atoms with E-state index in [9.17, 15) is 9.59 Å². The van der Waals surface area contributed by atoms with Gasteiger partial charge in [0.1, 0.15) is 5.75 Å². The molecule has 0 spiro atoms. The van der Waals surface area contributed by atoms with Crippen molar-refractivity contribution in [2.75, 3.05) is 33.3 Å². The van der Waals surface area contributed by atoms with Crippen molar-refractivity contribution in [2.24, 2.45) is 0 Å². The van der Waals surface area contributed by atoms with Crippen molar-refractivity contribution in [2.45, 2.75) is 6.92 Å². The van der Waals surface area contributed by atoms with Gasteiger partial charge < -0.3 is 14.5 Å². The Labute approximate surface area is 157 Å². The molecule has 2 heterocycles. The Morgan fingerprint density at radius 1 is 1.04 bits per heavy atom. The van der Waals surface area contributed by atoms with Gasteiger partial charge >= 0.3 is 0 Å². The number of ether oxygens (including phenoxy) is 1. The number of hydrogen-bond donors (Lipinski definition) is 0. The lowest BCUT2D eigenvalue weighted by molar-refractivity contribution is 0.0535. The first-order valence-corrected chi connectivity index (χ1v) is 8.71. The lowest BCUT2D eigenvalue weighted by Crippen LogP contribution is -2.50. The van der Waals surface area contributed by atoms with E-state index >= 15 is 0 Å².